The summed E-state index contributed by atoms with van der Waals surface area (Å²) in [5.74, 6) is 0.893. The fraction of sp³-hybridized carbons (Fsp3) is 0.429. The molecule has 1 atom stereocenters. The highest BCUT2D eigenvalue weighted by Gasteiger charge is 2.23. The van der Waals surface area contributed by atoms with Crippen LogP contribution in [0.15, 0.2) is 18.2 Å². The molecule has 0 bridgehead atoms. The zero-order valence-corrected chi connectivity index (χ0v) is 10.9. The van der Waals surface area contributed by atoms with E-state index in [0.717, 1.165) is 41.8 Å². The van der Waals surface area contributed by atoms with E-state index < -0.39 is 0 Å². The number of nitrogens with zero attached hydrogens (tertiary/aromatic N) is 1. The lowest BCUT2D eigenvalue weighted by atomic mass is 10.2. The summed E-state index contributed by atoms with van der Waals surface area (Å²) in [6.07, 6.45) is 2.32. The molecule has 2 N–H and O–H groups in total. The Labute approximate surface area is 111 Å². The average molecular weight is 259 g/mol. The van der Waals surface area contributed by atoms with E-state index in [-0.39, 0.29) is 12.0 Å². The zero-order valence-electron chi connectivity index (χ0n) is 10.9. The maximum atomic E-state index is 12.0. The molecule has 0 aliphatic carbocycles. The molecule has 1 unspecified atom stereocenters. The van der Waals surface area contributed by atoms with Crippen LogP contribution in [0.1, 0.15) is 25.6 Å². The lowest BCUT2D eigenvalue weighted by molar-refractivity contribution is -0.124. The van der Waals surface area contributed by atoms with Crippen LogP contribution < -0.4 is 5.32 Å². The molecule has 1 fully saturated rings. The van der Waals surface area contributed by atoms with Gasteiger partial charge in [0, 0.05) is 18.7 Å². The second-order valence-corrected chi connectivity index (χ2v) is 4.76. The van der Waals surface area contributed by atoms with E-state index in [0.29, 0.717) is 6.61 Å². The lowest BCUT2D eigenvalue weighted by Crippen LogP contribution is -2.26. The predicted octanol–water partition coefficient (Wildman–Crippen LogP) is 2.24. The number of anilines is 1. The Morgan fingerprint density at radius 1 is 1.58 bits per heavy atom. The molecule has 3 rings (SSSR count). The molecule has 1 saturated heterocycles. The van der Waals surface area contributed by atoms with Crippen LogP contribution in [0.2, 0.25) is 0 Å². The van der Waals surface area contributed by atoms with Crippen LogP contribution in [-0.2, 0) is 16.0 Å². The molecule has 5 nitrogen and oxygen atoms in total. The highest BCUT2D eigenvalue weighted by molar-refractivity contribution is 5.96. The number of benzene rings is 1. The standard InChI is InChI=1S/C14H17N3O2/c1-2-13-16-10-6-5-9(8-11(10)17-13)15-14(18)12-4-3-7-19-12/h5-6,8,12H,2-4,7H2,1H3,(H,15,18)(H,16,17). The van der Waals surface area contributed by atoms with Crippen LogP contribution in [0.25, 0.3) is 11.0 Å². The van der Waals surface area contributed by atoms with E-state index in [9.17, 15) is 4.79 Å². The minimum atomic E-state index is -0.302. The summed E-state index contributed by atoms with van der Waals surface area (Å²) in [7, 11) is 0. The van der Waals surface area contributed by atoms with Crippen molar-refractivity contribution in [3.8, 4) is 0 Å². The number of amides is 1. The smallest absolute Gasteiger partial charge is 0.253 e. The molecule has 1 aromatic carbocycles. The van der Waals surface area contributed by atoms with E-state index in [2.05, 4.69) is 22.2 Å². The second-order valence-electron chi connectivity index (χ2n) is 4.76. The third kappa shape index (κ3) is 2.46. The van der Waals surface area contributed by atoms with Gasteiger partial charge in [0.15, 0.2) is 0 Å². The van der Waals surface area contributed by atoms with Gasteiger partial charge < -0.3 is 15.0 Å². The summed E-state index contributed by atoms with van der Waals surface area (Å²) in [5.41, 5.74) is 2.65. The molecule has 0 saturated carbocycles. The van der Waals surface area contributed by atoms with Gasteiger partial charge in [-0.25, -0.2) is 4.98 Å². The first-order valence-electron chi connectivity index (χ1n) is 6.67. The van der Waals surface area contributed by atoms with Crippen molar-refractivity contribution in [3.63, 3.8) is 0 Å². The number of rotatable bonds is 3. The van der Waals surface area contributed by atoms with Gasteiger partial charge in [-0.05, 0) is 31.0 Å². The van der Waals surface area contributed by atoms with Crippen molar-refractivity contribution in [3.05, 3.63) is 24.0 Å². The quantitative estimate of drug-likeness (QED) is 0.888. The first-order valence-corrected chi connectivity index (χ1v) is 6.67. The van der Waals surface area contributed by atoms with Crippen molar-refractivity contribution in [2.24, 2.45) is 0 Å². The van der Waals surface area contributed by atoms with E-state index in [1.807, 2.05) is 18.2 Å². The number of aryl methyl sites for hydroxylation is 1. The predicted molar refractivity (Wildman–Crippen MR) is 73.1 cm³/mol. The van der Waals surface area contributed by atoms with E-state index in [1.165, 1.54) is 0 Å². The van der Waals surface area contributed by atoms with Gasteiger partial charge in [-0.2, -0.15) is 0 Å². The number of nitrogens with one attached hydrogen (secondary N) is 2. The molecule has 5 heteroatoms. The number of carbonyl (C=O) groups excluding carboxylic acids is 1. The summed E-state index contributed by atoms with van der Waals surface area (Å²) >= 11 is 0. The summed E-state index contributed by atoms with van der Waals surface area (Å²) in [4.78, 5) is 19.6. The third-order valence-corrected chi connectivity index (χ3v) is 3.36. The van der Waals surface area contributed by atoms with Crippen LogP contribution in [0.5, 0.6) is 0 Å². The molecule has 0 spiro atoms. The van der Waals surface area contributed by atoms with Gasteiger partial charge in [0.05, 0.1) is 11.0 Å². The van der Waals surface area contributed by atoms with E-state index >= 15 is 0 Å². The number of H-pyrrole nitrogens is 1. The highest BCUT2D eigenvalue weighted by Crippen LogP contribution is 2.19. The van der Waals surface area contributed by atoms with Gasteiger partial charge in [0.1, 0.15) is 11.9 Å². The SMILES string of the molecule is CCc1nc2ccc(NC(=O)C3CCCO3)cc2[nH]1. The molecule has 2 heterocycles. The van der Waals surface area contributed by atoms with Crippen molar-refractivity contribution < 1.29 is 9.53 Å². The Balaban J connectivity index is 1.78. The molecule has 1 amide bonds. The van der Waals surface area contributed by atoms with Crippen LogP contribution in [-0.4, -0.2) is 28.6 Å². The number of fused-ring (bicyclic) bond motifs is 1. The first kappa shape index (κ1) is 12.2. The number of hydrogen-bond donors (Lipinski definition) is 2. The van der Waals surface area contributed by atoms with Gasteiger partial charge in [0.2, 0.25) is 0 Å². The Bertz CT molecular complexity index is 600. The Morgan fingerprint density at radius 3 is 3.21 bits per heavy atom. The van der Waals surface area contributed by atoms with Gasteiger partial charge in [0.25, 0.3) is 5.91 Å². The summed E-state index contributed by atoms with van der Waals surface area (Å²) < 4.78 is 5.36. The van der Waals surface area contributed by atoms with Crippen molar-refractivity contribution in [1.82, 2.24) is 9.97 Å². The Kier molecular flexibility index (Phi) is 3.21. The summed E-state index contributed by atoms with van der Waals surface area (Å²) in [6, 6.07) is 5.69. The van der Waals surface area contributed by atoms with Gasteiger partial charge in [-0.1, -0.05) is 6.92 Å². The van der Waals surface area contributed by atoms with Crippen molar-refractivity contribution in [1.29, 1.82) is 0 Å². The monoisotopic (exact) mass is 259 g/mol. The van der Waals surface area contributed by atoms with Crippen molar-refractivity contribution >= 4 is 22.6 Å². The Hall–Kier alpha value is -1.88. The van der Waals surface area contributed by atoms with Crippen LogP contribution in [0.4, 0.5) is 5.69 Å². The maximum absolute atomic E-state index is 12.0. The molecule has 1 aliphatic heterocycles. The maximum Gasteiger partial charge on any atom is 0.253 e. The van der Waals surface area contributed by atoms with E-state index in [4.69, 9.17) is 4.74 Å². The number of ether oxygens (including phenoxy) is 1. The average Bonchev–Trinajstić information content (AvgIpc) is 3.07. The fourth-order valence-corrected chi connectivity index (χ4v) is 2.31. The molecule has 19 heavy (non-hydrogen) atoms. The molecule has 0 radical (unpaired) electrons. The molecule has 100 valence electrons. The van der Waals surface area contributed by atoms with E-state index in [1.54, 1.807) is 0 Å². The lowest BCUT2D eigenvalue weighted by Gasteiger charge is -2.10. The largest absolute Gasteiger partial charge is 0.368 e. The molecule has 2 aromatic rings. The topological polar surface area (TPSA) is 67.0 Å². The minimum Gasteiger partial charge on any atom is -0.368 e. The van der Waals surface area contributed by atoms with Crippen LogP contribution in [0.3, 0.4) is 0 Å². The number of imidazole rings is 1. The first-order chi connectivity index (χ1) is 9.26. The summed E-state index contributed by atoms with van der Waals surface area (Å²) in [6.45, 7) is 2.73. The number of carbonyl (C=O) groups is 1. The van der Waals surface area contributed by atoms with Crippen molar-refractivity contribution in [2.45, 2.75) is 32.3 Å². The summed E-state index contributed by atoms with van der Waals surface area (Å²) in [5, 5.41) is 2.89. The highest BCUT2D eigenvalue weighted by atomic mass is 16.5. The van der Waals surface area contributed by atoms with Crippen molar-refractivity contribution in [2.75, 3.05) is 11.9 Å². The Morgan fingerprint density at radius 2 is 2.47 bits per heavy atom. The molecule has 1 aromatic heterocycles. The number of aromatic amines is 1. The van der Waals surface area contributed by atoms with Crippen LogP contribution in [0, 0.1) is 0 Å². The third-order valence-electron chi connectivity index (χ3n) is 3.36. The number of hydrogen-bond acceptors (Lipinski definition) is 3. The fourth-order valence-electron chi connectivity index (χ4n) is 2.31. The minimum absolute atomic E-state index is 0.0629. The molecule has 1 aliphatic rings. The zero-order chi connectivity index (χ0) is 13.2. The normalized spacial score (nSPS) is 18.9. The van der Waals surface area contributed by atoms with Crippen LogP contribution >= 0.6 is 0 Å². The van der Waals surface area contributed by atoms with Gasteiger partial charge in [-0.15, -0.1) is 0 Å². The second kappa shape index (κ2) is 5.01. The van der Waals surface area contributed by atoms with Gasteiger partial charge >= 0.3 is 0 Å². The number of aromatic nitrogens is 2. The van der Waals surface area contributed by atoms with Gasteiger partial charge in [-0.3, -0.25) is 4.79 Å². The molecular weight excluding hydrogens is 242 g/mol. The molecular formula is C14H17N3O2.